The molecule has 1 aromatic heterocycles. The SMILES string of the molecule is CC(C)(C)NCc1nnc(OCCC2CCC2)s1. The molecule has 0 atom stereocenters. The third kappa shape index (κ3) is 4.53. The van der Waals surface area contributed by atoms with Gasteiger partial charge >= 0.3 is 0 Å². The summed E-state index contributed by atoms with van der Waals surface area (Å²) in [6.45, 7) is 7.97. The van der Waals surface area contributed by atoms with Gasteiger partial charge < -0.3 is 10.1 Å². The van der Waals surface area contributed by atoms with E-state index in [9.17, 15) is 0 Å². The van der Waals surface area contributed by atoms with Crippen molar-refractivity contribution in [2.24, 2.45) is 5.92 Å². The lowest BCUT2D eigenvalue weighted by molar-refractivity contribution is 0.220. The van der Waals surface area contributed by atoms with Crippen molar-refractivity contribution in [3.05, 3.63) is 5.01 Å². The summed E-state index contributed by atoms with van der Waals surface area (Å²) in [6.07, 6.45) is 5.31. The molecule has 0 aromatic carbocycles. The Morgan fingerprint density at radius 3 is 2.72 bits per heavy atom. The number of nitrogens with one attached hydrogen (secondary N) is 1. The van der Waals surface area contributed by atoms with Gasteiger partial charge in [0.25, 0.3) is 5.19 Å². The topological polar surface area (TPSA) is 47.0 Å². The molecular weight excluding hydrogens is 246 g/mol. The second-order valence-electron chi connectivity index (χ2n) is 6.00. The van der Waals surface area contributed by atoms with Crippen LogP contribution >= 0.6 is 11.3 Å². The molecule has 0 saturated heterocycles. The van der Waals surface area contributed by atoms with Gasteiger partial charge in [-0.3, -0.25) is 0 Å². The van der Waals surface area contributed by atoms with E-state index in [0.29, 0.717) is 5.19 Å². The summed E-state index contributed by atoms with van der Waals surface area (Å²) in [5.41, 5.74) is 0.108. The third-order valence-electron chi connectivity index (χ3n) is 3.19. The molecule has 5 heteroatoms. The van der Waals surface area contributed by atoms with E-state index in [4.69, 9.17) is 4.74 Å². The third-order valence-corrected chi connectivity index (χ3v) is 4.03. The first kappa shape index (κ1) is 13.7. The second kappa shape index (κ2) is 5.97. The molecule has 1 heterocycles. The highest BCUT2D eigenvalue weighted by Crippen LogP contribution is 2.29. The smallest absolute Gasteiger partial charge is 0.294 e. The van der Waals surface area contributed by atoms with E-state index in [0.717, 1.165) is 30.5 Å². The highest BCUT2D eigenvalue weighted by Gasteiger charge is 2.17. The number of rotatable bonds is 6. The van der Waals surface area contributed by atoms with Crippen molar-refractivity contribution in [2.75, 3.05) is 6.61 Å². The van der Waals surface area contributed by atoms with Crippen molar-refractivity contribution in [1.29, 1.82) is 0 Å². The van der Waals surface area contributed by atoms with Gasteiger partial charge in [-0.05, 0) is 33.1 Å². The van der Waals surface area contributed by atoms with Crippen molar-refractivity contribution in [3.8, 4) is 5.19 Å². The molecule has 0 unspecified atom stereocenters. The zero-order chi connectivity index (χ0) is 13.0. The quantitative estimate of drug-likeness (QED) is 0.862. The fourth-order valence-corrected chi connectivity index (χ4v) is 2.45. The molecule has 18 heavy (non-hydrogen) atoms. The Bertz CT molecular complexity index is 369. The molecular formula is C13H23N3OS. The molecule has 0 aliphatic heterocycles. The summed E-state index contributed by atoms with van der Waals surface area (Å²) >= 11 is 1.54. The predicted octanol–water partition coefficient (Wildman–Crippen LogP) is 3.00. The maximum atomic E-state index is 5.64. The fraction of sp³-hybridized carbons (Fsp3) is 0.846. The van der Waals surface area contributed by atoms with Gasteiger partial charge in [0.15, 0.2) is 0 Å². The van der Waals surface area contributed by atoms with Crippen LogP contribution in [0.25, 0.3) is 0 Å². The summed E-state index contributed by atoms with van der Waals surface area (Å²) in [6, 6.07) is 0. The lowest BCUT2D eigenvalue weighted by Gasteiger charge is -2.24. The highest BCUT2D eigenvalue weighted by molar-refractivity contribution is 7.13. The number of nitrogens with zero attached hydrogens (tertiary/aromatic N) is 2. The van der Waals surface area contributed by atoms with Crippen LogP contribution in [0.3, 0.4) is 0 Å². The van der Waals surface area contributed by atoms with Crippen LogP contribution in [-0.4, -0.2) is 22.3 Å². The summed E-state index contributed by atoms with van der Waals surface area (Å²) in [5, 5.41) is 13.3. The Kier molecular flexibility index (Phi) is 4.56. The lowest BCUT2D eigenvalue weighted by Crippen LogP contribution is -2.35. The zero-order valence-corrected chi connectivity index (χ0v) is 12.3. The number of ether oxygens (including phenoxy) is 1. The van der Waals surface area contributed by atoms with Crippen LogP contribution in [0.15, 0.2) is 0 Å². The van der Waals surface area contributed by atoms with Gasteiger partial charge in [0.05, 0.1) is 13.2 Å². The molecule has 0 bridgehead atoms. The van der Waals surface area contributed by atoms with E-state index in [-0.39, 0.29) is 5.54 Å². The minimum Gasteiger partial charge on any atom is -0.469 e. The monoisotopic (exact) mass is 269 g/mol. The Hall–Kier alpha value is -0.680. The fourth-order valence-electron chi connectivity index (χ4n) is 1.80. The summed E-state index contributed by atoms with van der Waals surface area (Å²) in [5.74, 6) is 0.889. The van der Waals surface area contributed by atoms with Crippen LogP contribution in [0.4, 0.5) is 0 Å². The average Bonchev–Trinajstić information content (AvgIpc) is 2.66. The van der Waals surface area contributed by atoms with Gasteiger partial charge in [0.2, 0.25) is 0 Å². The van der Waals surface area contributed by atoms with Crippen molar-refractivity contribution in [1.82, 2.24) is 15.5 Å². The molecule has 0 amide bonds. The lowest BCUT2D eigenvalue weighted by atomic mass is 9.83. The molecule has 1 fully saturated rings. The minimum absolute atomic E-state index is 0.108. The predicted molar refractivity (Wildman–Crippen MR) is 74.0 cm³/mol. The van der Waals surface area contributed by atoms with Gasteiger partial charge in [0.1, 0.15) is 5.01 Å². The second-order valence-corrected chi connectivity index (χ2v) is 7.02. The van der Waals surface area contributed by atoms with Crippen molar-refractivity contribution in [2.45, 2.75) is 58.5 Å². The molecule has 1 aliphatic carbocycles. The van der Waals surface area contributed by atoms with Crippen molar-refractivity contribution < 1.29 is 4.74 Å². The Labute approximate surface area is 113 Å². The van der Waals surface area contributed by atoms with E-state index >= 15 is 0 Å². The van der Waals surface area contributed by atoms with Gasteiger partial charge in [-0.25, -0.2) is 0 Å². The van der Waals surface area contributed by atoms with Crippen LogP contribution in [0.1, 0.15) is 51.5 Å². The first-order valence-electron chi connectivity index (χ1n) is 6.73. The Morgan fingerprint density at radius 1 is 1.33 bits per heavy atom. The summed E-state index contributed by atoms with van der Waals surface area (Å²) < 4.78 is 5.64. The average molecular weight is 269 g/mol. The van der Waals surface area contributed by atoms with E-state index < -0.39 is 0 Å². The van der Waals surface area contributed by atoms with E-state index in [1.807, 2.05) is 0 Å². The van der Waals surface area contributed by atoms with Gasteiger partial charge in [-0.2, -0.15) is 0 Å². The molecule has 0 spiro atoms. The van der Waals surface area contributed by atoms with Crippen LogP contribution < -0.4 is 10.1 Å². The summed E-state index contributed by atoms with van der Waals surface area (Å²) in [4.78, 5) is 0. The number of aromatic nitrogens is 2. The van der Waals surface area contributed by atoms with Crippen molar-refractivity contribution >= 4 is 11.3 Å². The van der Waals surface area contributed by atoms with Crippen LogP contribution in [0.2, 0.25) is 0 Å². The molecule has 4 nitrogen and oxygen atoms in total. The molecule has 2 rings (SSSR count). The van der Waals surface area contributed by atoms with Crippen LogP contribution in [0.5, 0.6) is 5.19 Å². The van der Waals surface area contributed by atoms with E-state index in [1.165, 1.54) is 19.3 Å². The molecule has 1 saturated carbocycles. The maximum Gasteiger partial charge on any atom is 0.294 e. The molecule has 1 N–H and O–H groups in total. The molecule has 1 aromatic rings. The highest BCUT2D eigenvalue weighted by atomic mass is 32.1. The van der Waals surface area contributed by atoms with Crippen molar-refractivity contribution in [3.63, 3.8) is 0 Å². The number of hydrogen-bond acceptors (Lipinski definition) is 5. The minimum atomic E-state index is 0.108. The Morgan fingerprint density at radius 2 is 2.11 bits per heavy atom. The Balaban J connectivity index is 1.68. The molecule has 102 valence electrons. The standard InChI is InChI=1S/C13H23N3OS/c1-13(2,3)14-9-11-15-16-12(18-11)17-8-7-10-5-4-6-10/h10,14H,4-9H2,1-3H3. The normalized spacial score (nSPS) is 16.6. The largest absolute Gasteiger partial charge is 0.469 e. The first-order chi connectivity index (χ1) is 8.53. The maximum absolute atomic E-state index is 5.64. The van der Waals surface area contributed by atoms with Crippen LogP contribution in [-0.2, 0) is 6.54 Å². The summed E-state index contributed by atoms with van der Waals surface area (Å²) in [7, 11) is 0. The molecule has 1 aliphatic rings. The zero-order valence-electron chi connectivity index (χ0n) is 11.5. The van der Waals surface area contributed by atoms with Gasteiger partial charge in [-0.15, -0.1) is 10.2 Å². The van der Waals surface area contributed by atoms with Gasteiger partial charge in [-0.1, -0.05) is 30.6 Å². The van der Waals surface area contributed by atoms with E-state index in [2.05, 4.69) is 36.3 Å². The molecule has 0 radical (unpaired) electrons. The van der Waals surface area contributed by atoms with Crippen LogP contribution in [0, 0.1) is 5.92 Å². The first-order valence-corrected chi connectivity index (χ1v) is 7.55. The number of hydrogen-bond donors (Lipinski definition) is 1. The van der Waals surface area contributed by atoms with E-state index in [1.54, 1.807) is 11.3 Å². The van der Waals surface area contributed by atoms with Gasteiger partial charge in [0, 0.05) is 5.54 Å².